The maximum Gasteiger partial charge on any atom is 0.267 e. The number of carbonyl (C=O) groups excluding carboxylic acids is 2. The molecule has 2 aromatic carbocycles. The molecule has 29 heavy (non-hydrogen) atoms. The summed E-state index contributed by atoms with van der Waals surface area (Å²) in [6.07, 6.45) is -0.927. The van der Waals surface area contributed by atoms with Crippen LogP contribution in [0.5, 0.6) is 5.75 Å². The third-order valence-corrected chi connectivity index (χ3v) is 6.62. The molecule has 1 heterocycles. The fraction of sp³-hybridized carbons (Fsp3) is 0.300. The Morgan fingerprint density at radius 1 is 1.17 bits per heavy atom. The van der Waals surface area contributed by atoms with Gasteiger partial charge in [-0.15, -0.1) is 0 Å². The fourth-order valence-electron chi connectivity index (χ4n) is 3.04. The van der Waals surface area contributed by atoms with Crippen LogP contribution in [0.25, 0.3) is 0 Å². The van der Waals surface area contributed by atoms with E-state index in [4.69, 9.17) is 4.74 Å². The highest BCUT2D eigenvalue weighted by atomic mass is 32.2. The summed E-state index contributed by atoms with van der Waals surface area (Å²) in [6.45, 7) is 3.18. The topological polar surface area (TPSA) is 96.0 Å². The van der Waals surface area contributed by atoms with Gasteiger partial charge < -0.3 is 15.0 Å². The zero-order valence-electron chi connectivity index (χ0n) is 16.7. The van der Waals surface area contributed by atoms with Gasteiger partial charge in [-0.2, -0.15) is 0 Å². The predicted octanol–water partition coefficient (Wildman–Crippen LogP) is 2.00. The highest BCUT2D eigenvalue weighted by Gasteiger charge is 2.32. The van der Waals surface area contributed by atoms with E-state index in [1.165, 1.54) is 32.0 Å². The lowest BCUT2D eigenvalue weighted by Gasteiger charge is -2.33. The number of aryl methyl sites for hydroxylation is 1. The molecule has 0 unspecified atom stereocenters. The summed E-state index contributed by atoms with van der Waals surface area (Å²) >= 11 is 0. The first-order valence-electron chi connectivity index (χ1n) is 8.99. The molecule has 0 aromatic heterocycles. The van der Waals surface area contributed by atoms with Crippen LogP contribution in [-0.2, 0) is 19.6 Å². The molecule has 154 valence electrons. The number of benzene rings is 2. The van der Waals surface area contributed by atoms with E-state index < -0.39 is 22.0 Å². The van der Waals surface area contributed by atoms with Crippen molar-refractivity contribution in [3.8, 4) is 5.75 Å². The molecule has 0 aliphatic carbocycles. The summed E-state index contributed by atoms with van der Waals surface area (Å²) in [7, 11) is -0.757. The molecule has 0 saturated heterocycles. The van der Waals surface area contributed by atoms with E-state index in [1.807, 2.05) is 0 Å². The van der Waals surface area contributed by atoms with Crippen LogP contribution in [0, 0.1) is 6.92 Å². The molecule has 1 N–H and O–H groups in total. The SMILES string of the molecule is CC(=O)N1C[C@@H](C(=O)Nc2ccc(C)c(S(=O)(=O)N(C)C)c2)Oc2ccccc21. The van der Waals surface area contributed by atoms with E-state index in [9.17, 15) is 18.0 Å². The van der Waals surface area contributed by atoms with Crippen molar-refractivity contribution in [3.05, 3.63) is 48.0 Å². The first-order chi connectivity index (χ1) is 13.6. The van der Waals surface area contributed by atoms with Crippen molar-refractivity contribution in [1.82, 2.24) is 4.31 Å². The normalized spacial score (nSPS) is 16.2. The van der Waals surface area contributed by atoms with E-state index in [0.717, 1.165) is 4.31 Å². The maximum atomic E-state index is 12.8. The van der Waals surface area contributed by atoms with Gasteiger partial charge in [-0.05, 0) is 36.8 Å². The number of sulfonamides is 1. The van der Waals surface area contributed by atoms with Gasteiger partial charge in [0.2, 0.25) is 15.9 Å². The van der Waals surface area contributed by atoms with E-state index in [2.05, 4.69) is 5.32 Å². The minimum absolute atomic E-state index is 0.0624. The highest BCUT2D eigenvalue weighted by molar-refractivity contribution is 7.89. The molecule has 2 amide bonds. The molecule has 8 nitrogen and oxygen atoms in total. The molecule has 1 aliphatic rings. The number of ether oxygens (including phenoxy) is 1. The van der Waals surface area contributed by atoms with Gasteiger partial charge in [0.1, 0.15) is 5.75 Å². The second kappa shape index (κ2) is 7.84. The Morgan fingerprint density at radius 3 is 2.52 bits per heavy atom. The van der Waals surface area contributed by atoms with Gasteiger partial charge in [0, 0.05) is 26.7 Å². The first-order valence-corrected chi connectivity index (χ1v) is 10.4. The molecule has 3 rings (SSSR count). The van der Waals surface area contributed by atoms with Gasteiger partial charge in [-0.1, -0.05) is 18.2 Å². The molecule has 0 saturated carbocycles. The van der Waals surface area contributed by atoms with Crippen molar-refractivity contribution in [1.29, 1.82) is 0 Å². The van der Waals surface area contributed by atoms with E-state index in [0.29, 0.717) is 22.7 Å². The molecular weight excluding hydrogens is 394 g/mol. The van der Waals surface area contributed by atoms with Crippen LogP contribution in [0.1, 0.15) is 12.5 Å². The van der Waals surface area contributed by atoms with Crippen LogP contribution in [0.2, 0.25) is 0 Å². The molecule has 9 heteroatoms. The zero-order valence-corrected chi connectivity index (χ0v) is 17.5. The molecule has 0 bridgehead atoms. The molecule has 1 atom stereocenters. The largest absolute Gasteiger partial charge is 0.476 e. The van der Waals surface area contributed by atoms with Gasteiger partial charge in [-0.3, -0.25) is 9.59 Å². The Balaban J connectivity index is 1.85. The number of anilines is 2. The number of nitrogens with one attached hydrogen (secondary N) is 1. The maximum absolute atomic E-state index is 12.8. The quantitative estimate of drug-likeness (QED) is 0.821. The summed E-state index contributed by atoms with van der Waals surface area (Å²) in [5, 5.41) is 2.70. The lowest BCUT2D eigenvalue weighted by Crippen LogP contribution is -2.48. The number of fused-ring (bicyclic) bond motifs is 1. The Labute approximate surface area is 170 Å². The average molecular weight is 417 g/mol. The molecule has 0 fully saturated rings. The smallest absolute Gasteiger partial charge is 0.267 e. The summed E-state index contributed by atoms with van der Waals surface area (Å²) in [5.74, 6) is -0.232. The van der Waals surface area contributed by atoms with Gasteiger partial charge in [0.05, 0.1) is 17.1 Å². The van der Waals surface area contributed by atoms with Gasteiger partial charge in [0.25, 0.3) is 5.91 Å². The average Bonchev–Trinajstić information content (AvgIpc) is 2.68. The van der Waals surface area contributed by atoms with Crippen LogP contribution in [0.4, 0.5) is 11.4 Å². The number of hydrogen-bond donors (Lipinski definition) is 1. The Bertz CT molecular complexity index is 1070. The van der Waals surface area contributed by atoms with Gasteiger partial charge in [-0.25, -0.2) is 12.7 Å². The molecule has 1 aliphatic heterocycles. The van der Waals surface area contributed by atoms with Crippen molar-refractivity contribution in [2.45, 2.75) is 24.8 Å². The van der Waals surface area contributed by atoms with E-state index >= 15 is 0 Å². The number of amides is 2. The number of nitrogens with zero attached hydrogens (tertiary/aromatic N) is 2. The monoisotopic (exact) mass is 417 g/mol. The van der Waals surface area contributed by atoms with E-state index in [1.54, 1.807) is 43.3 Å². The number of para-hydroxylation sites is 2. The molecule has 0 radical (unpaired) electrons. The van der Waals surface area contributed by atoms with Gasteiger partial charge >= 0.3 is 0 Å². The zero-order chi connectivity index (χ0) is 21.3. The lowest BCUT2D eigenvalue weighted by molar-refractivity contribution is -0.123. The van der Waals surface area contributed by atoms with Crippen molar-refractivity contribution >= 4 is 33.2 Å². The second-order valence-electron chi connectivity index (χ2n) is 6.96. The number of rotatable bonds is 4. The fourth-order valence-corrected chi connectivity index (χ4v) is 4.19. The van der Waals surface area contributed by atoms with Crippen molar-refractivity contribution in [3.63, 3.8) is 0 Å². The number of carbonyl (C=O) groups is 2. The van der Waals surface area contributed by atoms with Crippen LogP contribution in [0.15, 0.2) is 47.4 Å². The third kappa shape index (κ3) is 4.10. The van der Waals surface area contributed by atoms with Crippen LogP contribution >= 0.6 is 0 Å². The lowest BCUT2D eigenvalue weighted by atomic mass is 10.1. The van der Waals surface area contributed by atoms with Crippen molar-refractivity contribution in [2.75, 3.05) is 30.9 Å². The van der Waals surface area contributed by atoms with Crippen LogP contribution in [0.3, 0.4) is 0 Å². The van der Waals surface area contributed by atoms with Crippen LogP contribution < -0.4 is 15.0 Å². The predicted molar refractivity (Wildman–Crippen MR) is 110 cm³/mol. The summed E-state index contributed by atoms with van der Waals surface area (Å²) in [4.78, 5) is 26.4. The summed E-state index contributed by atoms with van der Waals surface area (Å²) < 4.78 is 31.9. The molecular formula is C20H23N3O5S. The second-order valence-corrected chi connectivity index (χ2v) is 9.08. The first kappa shape index (κ1) is 20.8. The number of hydrogen-bond acceptors (Lipinski definition) is 5. The van der Waals surface area contributed by atoms with E-state index in [-0.39, 0.29) is 17.3 Å². The third-order valence-electron chi connectivity index (χ3n) is 4.66. The summed E-state index contributed by atoms with van der Waals surface area (Å²) in [5.41, 5.74) is 1.51. The van der Waals surface area contributed by atoms with Gasteiger partial charge in [0.15, 0.2) is 6.10 Å². The van der Waals surface area contributed by atoms with Crippen molar-refractivity contribution < 1.29 is 22.7 Å². The van der Waals surface area contributed by atoms with Crippen molar-refractivity contribution in [2.24, 2.45) is 0 Å². The Hall–Kier alpha value is -2.91. The minimum atomic E-state index is -3.65. The Kier molecular flexibility index (Phi) is 5.63. The standard InChI is InChI=1S/C20H23N3O5S/c1-13-9-10-15(11-19(13)29(26,27)22(3)4)21-20(25)18-12-23(14(2)24)16-7-5-6-8-17(16)28-18/h5-11,18H,12H2,1-4H3,(H,21,25)/t18-/m0/s1. The van der Waals surface area contributed by atoms with Crippen LogP contribution in [-0.4, -0.2) is 51.3 Å². The molecule has 0 spiro atoms. The summed E-state index contributed by atoms with van der Waals surface area (Å²) in [6, 6.07) is 11.7. The molecule has 2 aromatic rings. The highest BCUT2D eigenvalue weighted by Crippen LogP contribution is 2.33. The minimum Gasteiger partial charge on any atom is -0.476 e. The Morgan fingerprint density at radius 2 is 1.86 bits per heavy atom.